The third-order valence-electron chi connectivity index (χ3n) is 8.38. The molecule has 6 rings (SSSR count). The predicted octanol–water partition coefficient (Wildman–Crippen LogP) is 4.70. The summed E-state index contributed by atoms with van der Waals surface area (Å²) in [5.74, 6) is 0.761. The molecule has 1 saturated carbocycles. The molecule has 12 heteroatoms. The van der Waals surface area contributed by atoms with Gasteiger partial charge in [-0.2, -0.15) is 10.4 Å². The number of hydrogen-bond acceptors (Lipinski definition) is 8. The number of hydrogen-bond donors (Lipinski definition) is 3. The lowest BCUT2D eigenvalue weighted by molar-refractivity contribution is 0.240. The van der Waals surface area contributed by atoms with E-state index in [9.17, 15) is 18.5 Å². The van der Waals surface area contributed by atoms with E-state index in [-0.39, 0.29) is 35.7 Å². The minimum absolute atomic E-state index is 0.0330. The summed E-state index contributed by atoms with van der Waals surface area (Å²) in [4.78, 5) is 20.2. The summed E-state index contributed by atoms with van der Waals surface area (Å²) in [5.41, 5.74) is 4.90. The van der Waals surface area contributed by atoms with Crippen molar-refractivity contribution in [2.24, 2.45) is 7.05 Å². The summed E-state index contributed by atoms with van der Waals surface area (Å²) in [6, 6.07) is 21.2. The van der Waals surface area contributed by atoms with E-state index in [1.807, 2.05) is 67.8 Å². The Labute approximate surface area is 263 Å². The second-order valence-electron chi connectivity index (χ2n) is 11.8. The Balaban J connectivity index is 1.13. The molecular weight excluding hydrogens is 588 g/mol. The van der Waals surface area contributed by atoms with Gasteiger partial charge in [0.25, 0.3) is 0 Å². The van der Waals surface area contributed by atoms with Crippen LogP contribution in [0.25, 0.3) is 11.1 Å². The van der Waals surface area contributed by atoms with Crippen molar-refractivity contribution in [3.8, 4) is 17.2 Å². The van der Waals surface area contributed by atoms with Gasteiger partial charge in [-0.1, -0.05) is 30.3 Å². The van der Waals surface area contributed by atoms with Gasteiger partial charge in [0, 0.05) is 54.9 Å². The van der Waals surface area contributed by atoms with Crippen molar-refractivity contribution in [2.75, 3.05) is 27.0 Å². The van der Waals surface area contributed by atoms with Gasteiger partial charge in [0.15, 0.2) is 9.84 Å². The highest BCUT2D eigenvalue weighted by Crippen LogP contribution is 2.31. The Hall–Kier alpha value is -4.89. The van der Waals surface area contributed by atoms with E-state index in [1.54, 1.807) is 28.0 Å². The number of carbonyl (C=O) groups excluding carboxylic acids is 1. The predicted molar refractivity (Wildman–Crippen MR) is 174 cm³/mol. The van der Waals surface area contributed by atoms with Gasteiger partial charge in [0.05, 0.1) is 35.0 Å². The van der Waals surface area contributed by atoms with Gasteiger partial charge in [0.2, 0.25) is 0 Å². The van der Waals surface area contributed by atoms with E-state index in [0.717, 1.165) is 48.1 Å². The lowest BCUT2D eigenvalue weighted by Gasteiger charge is -2.37. The third kappa shape index (κ3) is 7.26. The van der Waals surface area contributed by atoms with E-state index < -0.39 is 9.84 Å². The molecule has 0 atom stereocenters. The average molecular weight is 625 g/mol. The fourth-order valence-corrected chi connectivity index (χ4v) is 7.31. The normalized spacial score (nSPS) is 19.1. The summed E-state index contributed by atoms with van der Waals surface area (Å²) < 4.78 is 24.9. The van der Waals surface area contributed by atoms with Crippen LogP contribution in [-0.4, -0.2) is 58.8 Å². The zero-order chi connectivity index (χ0) is 31.4. The minimum Gasteiger partial charge on any atom is -0.382 e. The number of anilines is 3. The molecule has 3 heterocycles. The van der Waals surface area contributed by atoms with Crippen molar-refractivity contribution in [3.05, 3.63) is 90.4 Å². The van der Waals surface area contributed by atoms with Crippen molar-refractivity contribution in [2.45, 2.75) is 50.4 Å². The molecule has 45 heavy (non-hydrogen) atoms. The topological polar surface area (TPSA) is 145 Å². The smallest absolute Gasteiger partial charge is 0.323 e. The second-order valence-corrected chi connectivity index (χ2v) is 13.9. The maximum Gasteiger partial charge on any atom is 0.323 e. The molecule has 4 aromatic rings. The number of urea groups is 1. The van der Waals surface area contributed by atoms with Crippen molar-refractivity contribution in [1.82, 2.24) is 20.1 Å². The van der Waals surface area contributed by atoms with E-state index in [1.165, 1.54) is 0 Å². The zero-order valence-electron chi connectivity index (χ0n) is 25.1. The summed E-state index contributed by atoms with van der Waals surface area (Å²) in [7, 11) is -1.10. The molecule has 2 fully saturated rings. The van der Waals surface area contributed by atoms with Gasteiger partial charge in [0.1, 0.15) is 11.9 Å². The van der Waals surface area contributed by atoms with Gasteiger partial charge in [-0.15, -0.1) is 0 Å². The van der Waals surface area contributed by atoms with Crippen LogP contribution in [0.2, 0.25) is 0 Å². The summed E-state index contributed by atoms with van der Waals surface area (Å²) >= 11 is 0. The molecule has 2 aromatic carbocycles. The van der Waals surface area contributed by atoms with E-state index >= 15 is 0 Å². The number of aryl methyl sites for hydroxylation is 1. The number of rotatable bonds is 9. The molecular formula is C33H36N8O3S. The van der Waals surface area contributed by atoms with Crippen LogP contribution in [-0.2, 0) is 23.4 Å². The molecule has 0 spiro atoms. The lowest BCUT2D eigenvalue weighted by Crippen LogP contribution is -2.49. The van der Waals surface area contributed by atoms with Gasteiger partial charge >= 0.3 is 6.03 Å². The Kier molecular flexibility index (Phi) is 8.71. The third-order valence-corrected chi connectivity index (χ3v) is 10.2. The molecule has 2 aliphatic rings. The minimum atomic E-state index is -2.98. The molecule has 232 valence electrons. The van der Waals surface area contributed by atoms with Crippen molar-refractivity contribution < 1.29 is 13.2 Å². The Bertz CT molecular complexity index is 1780. The molecule has 1 saturated heterocycles. The Morgan fingerprint density at radius 3 is 2.40 bits per heavy atom. The first-order chi connectivity index (χ1) is 21.8. The van der Waals surface area contributed by atoms with Gasteiger partial charge in [-0.05, 0) is 61.6 Å². The van der Waals surface area contributed by atoms with Crippen LogP contribution in [0.4, 0.5) is 22.0 Å². The van der Waals surface area contributed by atoms with E-state index in [4.69, 9.17) is 4.98 Å². The van der Waals surface area contributed by atoms with Gasteiger partial charge in [-0.25, -0.2) is 18.2 Å². The first-order valence-corrected chi connectivity index (χ1v) is 16.9. The summed E-state index contributed by atoms with van der Waals surface area (Å²) in [6.07, 6.45) is 8.75. The lowest BCUT2D eigenvalue weighted by atomic mass is 9.90. The van der Waals surface area contributed by atoms with Crippen molar-refractivity contribution in [3.63, 3.8) is 0 Å². The van der Waals surface area contributed by atoms with E-state index in [0.29, 0.717) is 23.6 Å². The SMILES string of the molecule is Cn1cc(-c2ccc(N(C(=O)NCc3ccccc3)C3CCC(Nc4ccc(C#N)c(NC5CS(=O)(=O)C5)c4)CC3)nc2)cn1. The first kappa shape index (κ1) is 30.1. The van der Waals surface area contributed by atoms with Crippen LogP contribution in [0.3, 0.4) is 0 Å². The molecule has 2 amide bonds. The van der Waals surface area contributed by atoms with Crippen LogP contribution in [0, 0.1) is 11.3 Å². The fourth-order valence-electron chi connectivity index (χ4n) is 6.02. The van der Waals surface area contributed by atoms with Crippen LogP contribution in [0.5, 0.6) is 0 Å². The number of pyridine rings is 1. The highest BCUT2D eigenvalue weighted by Gasteiger charge is 2.34. The first-order valence-electron chi connectivity index (χ1n) is 15.1. The molecule has 1 aliphatic carbocycles. The Morgan fingerprint density at radius 1 is 0.978 bits per heavy atom. The van der Waals surface area contributed by atoms with Gasteiger partial charge < -0.3 is 16.0 Å². The highest BCUT2D eigenvalue weighted by atomic mass is 32.2. The van der Waals surface area contributed by atoms with Crippen LogP contribution in [0.1, 0.15) is 36.8 Å². The van der Waals surface area contributed by atoms with Crippen LogP contribution < -0.4 is 20.9 Å². The molecule has 0 bridgehead atoms. The van der Waals surface area contributed by atoms with Crippen LogP contribution >= 0.6 is 0 Å². The number of aromatic nitrogens is 3. The largest absolute Gasteiger partial charge is 0.382 e. The van der Waals surface area contributed by atoms with Crippen molar-refractivity contribution in [1.29, 1.82) is 5.26 Å². The number of benzene rings is 2. The monoisotopic (exact) mass is 624 g/mol. The number of nitrogens with zero attached hydrogens (tertiary/aromatic N) is 5. The number of carbonyl (C=O) groups is 1. The maximum atomic E-state index is 13.7. The molecule has 2 aromatic heterocycles. The highest BCUT2D eigenvalue weighted by molar-refractivity contribution is 7.92. The number of nitrogens with one attached hydrogen (secondary N) is 3. The number of sulfone groups is 1. The van der Waals surface area contributed by atoms with E-state index in [2.05, 4.69) is 27.1 Å². The number of amides is 2. The molecule has 0 unspecified atom stereocenters. The standard InChI is InChI=1S/C33H36N8O3S/c1-40-20-26(19-37-40)25-8-14-32(35-18-25)41(33(42)36-17-23-5-3-2-4-6-23)30-12-10-27(11-13-30)38-28-9-7-24(16-34)31(15-28)39-29-21-45(43,44)22-29/h2-9,14-15,18-20,27,29-30,38-39H,10-13,17,21-22H2,1H3,(H,36,42). The average Bonchev–Trinajstić information content (AvgIpc) is 3.47. The zero-order valence-corrected chi connectivity index (χ0v) is 25.9. The molecule has 0 radical (unpaired) electrons. The molecule has 11 nitrogen and oxygen atoms in total. The van der Waals surface area contributed by atoms with Crippen molar-refractivity contribution >= 4 is 33.1 Å². The quantitative estimate of drug-likeness (QED) is 0.243. The van der Waals surface area contributed by atoms with Crippen LogP contribution in [0.15, 0.2) is 79.3 Å². The molecule has 3 N–H and O–H groups in total. The maximum absolute atomic E-state index is 13.7. The summed E-state index contributed by atoms with van der Waals surface area (Å²) in [6.45, 7) is 0.419. The summed E-state index contributed by atoms with van der Waals surface area (Å²) in [5, 5.41) is 23.7. The number of nitriles is 1. The fraction of sp³-hybridized carbons (Fsp3) is 0.333. The van der Waals surface area contributed by atoms with Gasteiger partial charge in [-0.3, -0.25) is 9.58 Å². The molecule has 1 aliphatic heterocycles. The second kappa shape index (κ2) is 13.0. The Morgan fingerprint density at radius 2 is 1.76 bits per heavy atom.